The molecule has 3 aliphatic carbocycles. The quantitative estimate of drug-likeness (QED) is 0.0640. The van der Waals surface area contributed by atoms with Crippen LogP contribution in [-0.4, -0.2) is 76.6 Å². The second kappa shape index (κ2) is 39.2. The summed E-state index contributed by atoms with van der Waals surface area (Å²) in [6, 6.07) is 11.6. The highest BCUT2D eigenvalue weighted by Gasteiger charge is 2.28. The number of aryl methyl sites for hydroxylation is 1. The number of nitrogens with zero attached hydrogens (tertiary/aromatic N) is 8. The Kier molecular flexibility index (Phi) is 34.2. The lowest BCUT2D eigenvalue weighted by Gasteiger charge is -2.24. The Morgan fingerprint density at radius 3 is 1.23 bits per heavy atom. The maximum absolute atomic E-state index is 14.1. The molecule has 0 N–H and O–H groups in total. The molecule has 0 unspecified atom stereocenters. The molecule has 3 aromatic heterocycles. The van der Waals surface area contributed by atoms with Crippen LogP contribution in [0.15, 0.2) is 60.7 Å². The molecule has 0 aliphatic heterocycles. The van der Waals surface area contributed by atoms with E-state index in [0.29, 0.717) is 64.9 Å². The van der Waals surface area contributed by atoms with Crippen LogP contribution in [0.4, 0.5) is 35.9 Å². The van der Waals surface area contributed by atoms with E-state index in [1.165, 1.54) is 80.4 Å². The number of carbonyl (C=O) groups is 2. The Morgan fingerprint density at radius 1 is 0.505 bits per heavy atom. The van der Waals surface area contributed by atoms with Crippen LogP contribution in [0.3, 0.4) is 0 Å². The smallest absolute Gasteiger partial charge is 0.410 e. The van der Waals surface area contributed by atoms with Crippen LogP contribution in [0.5, 0.6) is 17.6 Å². The molecule has 0 spiro atoms. The summed E-state index contributed by atoms with van der Waals surface area (Å²) in [5.41, 5.74) is 1.09. The van der Waals surface area contributed by atoms with Crippen LogP contribution in [0.2, 0.25) is 10.0 Å². The van der Waals surface area contributed by atoms with Crippen molar-refractivity contribution >= 4 is 47.8 Å². The van der Waals surface area contributed by atoms with E-state index in [-0.39, 0.29) is 89.3 Å². The van der Waals surface area contributed by atoms with E-state index >= 15 is 0 Å². The summed E-state index contributed by atoms with van der Waals surface area (Å²) < 4.78 is 116. The largest absolute Gasteiger partial charge is 0.473 e. The number of rotatable bonds is 21. The number of ether oxygens (including phenoxy) is 5. The first-order valence-corrected chi connectivity index (χ1v) is 32.6. The minimum absolute atomic E-state index is 0. The van der Waals surface area contributed by atoms with Crippen molar-refractivity contribution in [2.24, 2.45) is 17.8 Å². The van der Waals surface area contributed by atoms with Crippen LogP contribution < -0.4 is 14.2 Å². The SMILES string of the molecule is C.C.C.CCCc1nn(CC2CCCCC2)c(OCc2cc(F)ccc2F)c1Cl.CN(Cc1cc(OCc2cc(F)ccc2F)n(CC2CCCCC2)n1)C(=O)OC(C)(C)C.CN(Cc1nn(CC2CCCCC2)c(OCc2cc(F)ccc2F)c1Cl)C(=O)OC(C)(C)C.Cl. The van der Waals surface area contributed by atoms with Gasteiger partial charge in [0.15, 0.2) is 0 Å². The average Bonchev–Trinajstić information content (AvgIpc) is 1.69. The molecule has 3 fully saturated rings. The Balaban J connectivity index is 0.000000366. The van der Waals surface area contributed by atoms with Gasteiger partial charge in [-0.25, -0.2) is 50.0 Å². The summed E-state index contributed by atoms with van der Waals surface area (Å²) in [6.45, 7) is 14.9. The highest BCUT2D eigenvalue weighted by atomic mass is 35.5. The van der Waals surface area contributed by atoms with Crippen molar-refractivity contribution in [3.05, 3.63) is 139 Å². The highest BCUT2D eigenvalue weighted by molar-refractivity contribution is 6.32. The molecular formula is C71H103Cl3F6N8O7. The lowest BCUT2D eigenvalue weighted by molar-refractivity contribution is 0.0273. The van der Waals surface area contributed by atoms with Gasteiger partial charge in [0.25, 0.3) is 0 Å². The maximum atomic E-state index is 14.1. The topological polar surface area (TPSA) is 140 Å². The number of benzene rings is 3. The minimum atomic E-state index is -0.626. The van der Waals surface area contributed by atoms with Crippen LogP contribution in [0.1, 0.15) is 207 Å². The summed E-state index contributed by atoms with van der Waals surface area (Å²) in [5.74, 6) is -0.403. The van der Waals surface area contributed by atoms with Gasteiger partial charge in [0.05, 0.1) is 24.5 Å². The van der Waals surface area contributed by atoms with Crippen LogP contribution in [-0.2, 0) is 68.4 Å². The number of aromatic nitrogens is 6. The lowest BCUT2D eigenvalue weighted by atomic mass is 9.89. The van der Waals surface area contributed by atoms with Crippen LogP contribution in [0, 0.1) is 52.7 Å². The van der Waals surface area contributed by atoms with Crippen LogP contribution in [0.25, 0.3) is 0 Å². The van der Waals surface area contributed by atoms with Crippen molar-refractivity contribution in [2.45, 2.75) is 244 Å². The molecular weight excluding hydrogens is 1300 g/mol. The zero-order valence-electron chi connectivity index (χ0n) is 54.6. The molecule has 2 amide bonds. The molecule has 15 nitrogen and oxygen atoms in total. The van der Waals surface area contributed by atoms with Crippen molar-refractivity contribution in [3.63, 3.8) is 0 Å². The third kappa shape index (κ3) is 26.2. The first-order chi connectivity index (χ1) is 43.2. The van der Waals surface area contributed by atoms with Gasteiger partial charge >= 0.3 is 12.2 Å². The summed E-state index contributed by atoms with van der Waals surface area (Å²) in [5, 5.41) is 14.6. The van der Waals surface area contributed by atoms with Crippen molar-refractivity contribution < 1.29 is 59.6 Å². The van der Waals surface area contributed by atoms with Crippen molar-refractivity contribution in [1.29, 1.82) is 0 Å². The third-order valence-corrected chi connectivity index (χ3v) is 16.7. The van der Waals surface area contributed by atoms with Gasteiger partial charge in [-0.1, -0.05) is 117 Å². The molecule has 24 heteroatoms. The predicted octanol–water partition coefficient (Wildman–Crippen LogP) is 20.3. The van der Waals surface area contributed by atoms with E-state index in [2.05, 4.69) is 22.2 Å². The molecule has 0 saturated heterocycles. The van der Waals surface area contributed by atoms with Gasteiger partial charge in [0.1, 0.15) is 81.7 Å². The maximum Gasteiger partial charge on any atom is 0.410 e. The van der Waals surface area contributed by atoms with Gasteiger partial charge < -0.3 is 33.5 Å². The minimum Gasteiger partial charge on any atom is -0.473 e. The van der Waals surface area contributed by atoms with Gasteiger partial charge in [0, 0.05) is 56.5 Å². The zero-order chi connectivity index (χ0) is 66.0. The molecule has 3 heterocycles. The number of carbonyl (C=O) groups excluding carboxylic acids is 2. The fourth-order valence-electron chi connectivity index (χ4n) is 11.3. The van der Waals surface area contributed by atoms with E-state index in [1.807, 2.05) is 25.5 Å². The van der Waals surface area contributed by atoms with Gasteiger partial charge in [-0.15, -0.1) is 12.4 Å². The second-order valence-electron chi connectivity index (χ2n) is 26.2. The molecule has 0 bridgehead atoms. The van der Waals surface area contributed by atoms with Crippen molar-refractivity contribution in [3.8, 4) is 17.6 Å². The Labute approximate surface area is 576 Å². The third-order valence-electron chi connectivity index (χ3n) is 15.9. The summed E-state index contributed by atoms with van der Waals surface area (Å²) in [7, 11) is 3.25. The molecule has 9 rings (SSSR count). The predicted molar refractivity (Wildman–Crippen MR) is 365 cm³/mol. The summed E-state index contributed by atoms with van der Waals surface area (Å²) in [4.78, 5) is 27.5. The van der Waals surface area contributed by atoms with Gasteiger partial charge in [-0.2, -0.15) is 15.3 Å². The Bertz CT molecular complexity index is 3320. The number of halogens is 9. The lowest BCUT2D eigenvalue weighted by Crippen LogP contribution is -2.34. The molecule has 532 valence electrons. The standard InChI is InChI=1S/C24H32ClF2N3O3.C24H33F2N3O3.C20H25ClF2N2O.3CH4.ClH/c1-24(2,3)33-23(31)29(4)14-20-21(25)22(30(28-20)13-16-8-6-5-7-9-16)32-15-17-12-18(26)10-11-19(17)27;1-24(2,3)32-23(30)28(4)15-20-13-22(29(27-20)14-17-8-6-5-7-9-17)31-16-18-12-19(25)10-11-21(18)26;1-2-6-18-19(21)20(25(24-18)12-14-7-4-3-5-8-14)26-13-15-11-16(22)9-10-17(15)23;;;;/h10-12,16H,5-9,13-15H2,1-4H3;10-13,17H,5-9,14-16H2,1-4H3;9-11,14H,2-8,12-13H2,1H3;3*1H4;1H. The van der Waals surface area contributed by atoms with E-state index in [1.54, 1.807) is 50.3 Å². The van der Waals surface area contributed by atoms with Crippen molar-refractivity contribution in [2.75, 3.05) is 14.1 Å². The number of amides is 2. The zero-order valence-corrected chi connectivity index (χ0v) is 56.9. The Hall–Kier alpha value is -6.32. The van der Waals surface area contributed by atoms with Crippen LogP contribution >= 0.6 is 35.6 Å². The molecule has 3 saturated carbocycles. The summed E-state index contributed by atoms with van der Waals surface area (Å²) in [6.07, 6.45) is 18.5. The fraction of sp³-hybridized carbons (Fsp3) is 0.592. The van der Waals surface area contributed by atoms with E-state index < -0.39 is 58.3 Å². The average molecular weight is 1400 g/mol. The Morgan fingerprint density at radius 2 is 0.853 bits per heavy atom. The first kappa shape index (κ1) is 82.9. The normalized spacial score (nSPS) is 14.4. The van der Waals surface area contributed by atoms with E-state index in [0.717, 1.165) is 105 Å². The molecule has 6 aromatic rings. The van der Waals surface area contributed by atoms with E-state index in [9.17, 15) is 35.9 Å². The van der Waals surface area contributed by atoms with Gasteiger partial charge in [0.2, 0.25) is 17.6 Å². The van der Waals surface area contributed by atoms with Gasteiger partial charge in [-0.05, 0) is 159 Å². The molecule has 0 atom stereocenters. The number of hydrogen-bond acceptors (Lipinski definition) is 10. The van der Waals surface area contributed by atoms with E-state index in [4.69, 9.17) is 46.9 Å². The van der Waals surface area contributed by atoms with Crippen molar-refractivity contribution in [1.82, 2.24) is 39.1 Å². The molecule has 3 aliphatic rings. The highest BCUT2D eigenvalue weighted by Crippen LogP contribution is 2.36. The monoisotopic (exact) mass is 1400 g/mol. The summed E-state index contributed by atoms with van der Waals surface area (Å²) >= 11 is 13.1. The fourth-order valence-corrected chi connectivity index (χ4v) is 11.8. The molecule has 0 radical (unpaired) electrons. The molecule has 3 aromatic carbocycles. The van der Waals surface area contributed by atoms with Gasteiger partial charge in [-0.3, -0.25) is 0 Å². The number of hydrogen-bond donors (Lipinski definition) is 0. The molecule has 95 heavy (non-hydrogen) atoms. The first-order valence-electron chi connectivity index (χ1n) is 31.9. The second-order valence-corrected chi connectivity index (χ2v) is 26.9.